The van der Waals surface area contributed by atoms with Crippen LogP contribution in [0.15, 0.2) is 29.3 Å². The van der Waals surface area contributed by atoms with E-state index < -0.39 is 18.3 Å². The van der Waals surface area contributed by atoms with E-state index in [9.17, 15) is 18.0 Å². The second-order valence-corrected chi connectivity index (χ2v) is 8.82. The minimum atomic E-state index is -2.87. The first-order valence-electron chi connectivity index (χ1n) is 11.3. The van der Waals surface area contributed by atoms with Crippen LogP contribution in [0.5, 0.6) is 0 Å². The Morgan fingerprint density at radius 2 is 2.00 bits per heavy atom. The SMILES string of the molecule is O=c1[nH]c2c(N3CCCC(F)(F)C3)nc(-n3cnc4ccc(F)cc43)nc2n1C1CCOCC1. The Morgan fingerprint density at radius 1 is 1.18 bits per heavy atom. The summed E-state index contributed by atoms with van der Waals surface area (Å²) >= 11 is 0. The number of H-pyrrole nitrogens is 1. The van der Waals surface area contributed by atoms with Gasteiger partial charge in [0.05, 0.1) is 17.6 Å². The van der Waals surface area contributed by atoms with E-state index >= 15 is 0 Å². The molecule has 0 saturated carbocycles. The number of anilines is 1. The van der Waals surface area contributed by atoms with E-state index in [0.717, 1.165) is 0 Å². The second kappa shape index (κ2) is 7.83. The van der Waals surface area contributed by atoms with Crippen LogP contribution in [0.2, 0.25) is 0 Å². The number of ether oxygens (including phenoxy) is 1. The highest BCUT2D eigenvalue weighted by Crippen LogP contribution is 2.33. The van der Waals surface area contributed by atoms with Crippen molar-refractivity contribution >= 4 is 28.0 Å². The quantitative estimate of drug-likeness (QED) is 0.491. The van der Waals surface area contributed by atoms with Crippen molar-refractivity contribution in [3.8, 4) is 5.95 Å². The number of hydrogen-bond acceptors (Lipinski definition) is 6. The number of piperidine rings is 1. The Morgan fingerprint density at radius 3 is 2.79 bits per heavy atom. The van der Waals surface area contributed by atoms with Gasteiger partial charge in [-0.1, -0.05) is 0 Å². The number of fused-ring (bicyclic) bond motifs is 2. The molecule has 0 atom stereocenters. The molecule has 0 radical (unpaired) electrons. The van der Waals surface area contributed by atoms with Crippen molar-refractivity contribution in [2.75, 3.05) is 31.2 Å². The molecule has 0 unspecified atom stereocenters. The Bertz CT molecular complexity index is 1440. The van der Waals surface area contributed by atoms with Crippen LogP contribution in [-0.4, -0.2) is 61.3 Å². The largest absolute Gasteiger partial charge is 0.381 e. The zero-order chi connectivity index (χ0) is 23.4. The topological polar surface area (TPSA) is 93.9 Å². The molecule has 3 aromatic heterocycles. The van der Waals surface area contributed by atoms with E-state index in [1.807, 2.05) is 0 Å². The number of benzene rings is 1. The van der Waals surface area contributed by atoms with Gasteiger partial charge in [-0.15, -0.1) is 0 Å². The molecule has 2 aliphatic rings. The van der Waals surface area contributed by atoms with E-state index in [1.165, 1.54) is 27.9 Å². The van der Waals surface area contributed by atoms with Gasteiger partial charge in [-0.05, 0) is 31.4 Å². The van der Waals surface area contributed by atoms with Crippen molar-refractivity contribution in [2.45, 2.75) is 37.6 Å². The van der Waals surface area contributed by atoms with E-state index in [0.29, 0.717) is 54.8 Å². The number of alkyl halides is 2. The second-order valence-electron chi connectivity index (χ2n) is 8.82. The summed E-state index contributed by atoms with van der Waals surface area (Å²) < 4.78 is 51.1. The molecule has 9 nitrogen and oxygen atoms in total. The maximum atomic E-state index is 14.3. The van der Waals surface area contributed by atoms with Gasteiger partial charge in [0.2, 0.25) is 5.95 Å². The van der Waals surface area contributed by atoms with Gasteiger partial charge >= 0.3 is 5.69 Å². The van der Waals surface area contributed by atoms with Crippen LogP contribution in [0, 0.1) is 5.82 Å². The maximum absolute atomic E-state index is 14.3. The Balaban J connectivity index is 1.59. The minimum absolute atomic E-state index is 0.129. The molecule has 6 rings (SSSR count). The highest BCUT2D eigenvalue weighted by Gasteiger charge is 2.37. The van der Waals surface area contributed by atoms with Crippen molar-refractivity contribution in [3.05, 3.63) is 40.8 Å². The number of rotatable bonds is 3. The molecule has 2 aliphatic heterocycles. The Kier molecular flexibility index (Phi) is 4.87. The van der Waals surface area contributed by atoms with E-state index in [1.54, 1.807) is 10.6 Å². The number of aromatic amines is 1. The smallest absolute Gasteiger partial charge is 0.328 e. The summed E-state index contributed by atoms with van der Waals surface area (Å²) in [5.74, 6) is -2.97. The van der Waals surface area contributed by atoms with E-state index in [4.69, 9.17) is 4.74 Å². The summed E-state index contributed by atoms with van der Waals surface area (Å²) in [6.45, 7) is 0.879. The van der Waals surface area contributed by atoms with Crippen molar-refractivity contribution in [3.63, 3.8) is 0 Å². The Labute approximate surface area is 191 Å². The maximum Gasteiger partial charge on any atom is 0.328 e. The predicted molar refractivity (Wildman–Crippen MR) is 118 cm³/mol. The summed E-state index contributed by atoms with van der Waals surface area (Å²) in [5, 5.41) is 0. The lowest BCUT2D eigenvalue weighted by Crippen LogP contribution is -2.43. The fourth-order valence-electron chi connectivity index (χ4n) is 4.88. The molecule has 1 aromatic carbocycles. The lowest BCUT2D eigenvalue weighted by Gasteiger charge is -2.33. The van der Waals surface area contributed by atoms with Gasteiger partial charge in [0.15, 0.2) is 11.5 Å². The minimum Gasteiger partial charge on any atom is -0.381 e. The summed E-state index contributed by atoms with van der Waals surface area (Å²) in [7, 11) is 0. The number of aromatic nitrogens is 6. The van der Waals surface area contributed by atoms with E-state index in [2.05, 4.69) is 19.9 Å². The molecule has 2 fully saturated rings. The van der Waals surface area contributed by atoms with Gasteiger partial charge in [0.1, 0.15) is 17.7 Å². The first-order chi connectivity index (χ1) is 16.4. The third-order valence-corrected chi connectivity index (χ3v) is 6.51. The molecule has 178 valence electrons. The highest BCUT2D eigenvalue weighted by molar-refractivity contribution is 5.85. The van der Waals surface area contributed by atoms with Crippen molar-refractivity contribution in [1.29, 1.82) is 0 Å². The third kappa shape index (κ3) is 3.52. The van der Waals surface area contributed by atoms with Crippen LogP contribution in [0.4, 0.5) is 19.0 Å². The molecule has 0 spiro atoms. The van der Waals surface area contributed by atoms with Crippen molar-refractivity contribution in [2.24, 2.45) is 0 Å². The molecule has 0 amide bonds. The van der Waals surface area contributed by atoms with Gasteiger partial charge in [0, 0.05) is 38.3 Å². The van der Waals surface area contributed by atoms with Gasteiger partial charge in [-0.3, -0.25) is 9.13 Å². The predicted octanol–water partition coefficient (Wildman–Crippen LogP) is 3.18. The molecule has 0 aliphatic carbocycles. The van der Waals surface area contributed by atoms with Gasteiger partial charge in [-0.25, -0.2) is 22.9 Å². The molecular weight excluding hydrogens is 451 g/mol. The average molecular weight is 473 g/mol. The molecule has 34 heavy (non-hydrogen) atoms. The summed E-state index contributed by atoms with van der Waals surface area (Å²) in [4.78, 5) is 30.8. The monoisotopic (exact) mass is 473 g/mol. The Hall–Kier alpha value is -3.41. The molecule has 0 bridgehead atoms. The van der Waals surface area contributed by atoms with Crippen LogP contribution >= 0.6 is 0 Å². The lowest BCUT2D eigenvalue weighted by molar-refractivity contribution is -0.0118. The molecule has 12 heteroatoms. The average Bonchev–Trinajstić information content (AvgIpc) is 3.38. The van der Waals surface area contributed by atoms with Crippen LogP contribution in [0.25, 0.3) is 28.1 Å². The zero-order valence-corrected chi connectivity index (χ0v) is 18.2. The van der Waals surface area contributed by atoms with Crippen LogP contribution in [-0.2, 0) is 4.74 Å². The molecule has 4 aromatic rings. The van der Waals surface area contributed by atoms with Crippen LogP contribution in [0.3, 0.4) is 0 Å². The normalized spacial score (nSPS) is 19.3. The van der Waals surface area contributed by atoms with Gasteiger partial charge in [0.25, 0.3) is 5.92 Å². The number of halogens is 3. The molecule has 1 N–H and O–H groups in total. The van der Waals surface area contributed by atoms with E-state index in [-0.39, 0.29) is 36.3 Å². The molecular formula is C22H22F3N7O2. The first kappa shape index (κ1) is 21.1. The van der Waals surface area contributed by atoms with Crippen molar-refractivity contribution < 1.29 is 17.9 Å². The number of imidazole rings is 2. The standard InChI is InChI=1S/C22H22F3N7O2/c23-13-2-3-15-16(10-13)31(12-26-15)20-28-18(30-7-1-6-22(24,25)11-30)17-19(29-20)32(21(33)27-17)14-4-8-34-9-5-14/h2-3,10,12,14H,1,4-9,11H2,(H,27,33). The van der Waals surface area contributed by atoms with Crippen LogP contribution < -0.4 is 10.6 Å². The highest BCUT2D eigenvalue weighted by atomic mass is 19.3. The van der Waals surface area contributed by atoms with Crippen molar-refractivity contribution in [1.82, 2.24) is 29.1 Å². The summed E-state index contributed by atoms with van der Waals surface area (Å²) in [6, 6.07) is 4.01. The fraction of sp³-hybridized carbons (Fsp3) is 0.455. The fourth-order valence-corrected chi connectivity index (χ4v) is 4.88. The zero-order valence-electron chi connectivity index (χ0n) is 18.2. The molecule has 2 saturated heterocycles. The number of hydrogen-bond donors (Lipinski definition) is 1. The first-order valence-corrected chi connectivity index (χ1v) is 11.3. The number of nitrogens with one attached hydrogen (secondary N) is 1. The third-order valence-electron chi connectivity index (χ3n) is 6.51. The lowest BCUT2D eigenvalue weighted by atomic mass is 10.1. The van der Waals surface area contributed by atoms with Crippen LogP contribution in [0.1, 0.15) is 31.7 Å². The van der Waals surface area contributed by atoms with Gasteiger partial charge in [-0.2, -0.15) is 9.97 Å². The number of nitrogens with zero attached hydrogens (tertiary/aromatic N) is 6. The summed E-state index contributed by atoms with van der Waals surface area (Å²) in [5.41, 5.74) is 1.23. The van der Waals surface area contributed by atoms with Gasteiger partial charge < -0.3 is 14.6 Å². The molecule has 5 heterocycles. The summed E-state index contributed by atoms with van der Waals surface area (Å²) in [6.07, 6.45) is 2.81.